The number of halogens is 1. The Bertz CT molecular complexity index is 1140. The first kappa shape index (κ1) is 23.1. The first-order valence-corrected chi connectivity index (χ1v) is 12.8. The van der Waals surface area contributed by atoms with Crippen molar-refractivity contribution in [3.63, 3.8) is 0 Å². The molecule has 2 aliphatic heterocycles. The number of carbonyl (C=O) groups excluding carboxylic acids is 1. The van der Waals surface area contributed by atoms with E-state index < -0.39 is 18.3 Å². The number of rotatable bonds is 3. The molecule has 176 valence electrons. The molecule has 1 saturated heterocycles. The summed E-state index contributed by atoms with van der Waals surface area (Å²) in [6, 6.07) is 3.01. The van der Waals surface area contributed by atoms with Crippen LogP contribution in [0.15, 0.2) is 12.1 Å². The largest absolute Gasteiger partial charge is 0.495 e. The van der Waals surface area contributed by atoms with Crippen LogP contribution >= 0.6 is 11.3 Å². The average molecular weight is 469 g/mol. The van der Waals surface area contributed by atoms with Gasteiger partial charge in [-0.1, -0.05) is 20.8 Å². The summed E-state index contributed by atoms with van der Waals surface area (Å²) in [5, 5.41) is 0. The molecule has 0 atom stereocenters. The van der Waals surface area contributed by atoms with Crippen LogP contribution in [-0.4, -0.2) is 30.8 Å². The molecule has 3 aliphatic rings. The maximum atomic E-state index is 14.9. The van der Waals surface area contributed by atoms with E-state index in [2.05, 4.69) is 13.8 Å². The third-order valence-corrected chi connectivity index (χ3v) is 9.16. The molecule has 1 fully saturated rings. The Morgan fingerprint density at radius 3 is 2.36 bits per heavy atom. The van der Waals surface area contributed by atoms with E-state index in [-0.39, 0.29) is 17.1 Å². The molecule has 2 aromatic rings. The minimum atomic E-state index is -0.664. The molecule has 4 nitrogen and oxygen atoms in total. The Morgan fingerprint density at radius 2 is 1.73 bits per heavy atom. The van der Waals surface area contributed by atoms with Crippen LogP contribution in [0.3, 0.4) is 0 Å². The summed E-state index contributed by atoms with van der Waals surface area (Å²) in [6.45, 7) is 15.2. The zero-order chi connectivity index (χ0) is 23.9. The van der Waals surface area contributed by atoms with E-state index in [9.17, 15) is 9.18 Å². The monoisotopic (exact) mass is 469 g/mol. The van der Waals surface area contributed by atoms with Crippen molar-refractivity contribution in [2.24, 2.45) is 5.41 Å². The van der Waals surface area contributed by atoms with Gasteiger partial charge in [-0.05, 0) is 93.1 Å². The van der Waals surface area contributed by atoms with Crippen molar-refractivity contribution in [2.75, 3.05) is 11.4 Å². The summed E-state index contributed by atoms with van der Waals surface area (Å²) in [5.41, 5.74) is 4.09. The quantitative estimate of drug-likeness (QED) is 0.589. The summed E-state index contributed by atoms with van der Waals surface area (Å²) in [4.78, 5) is 17.6. The molecule has 1 aromatic heterocycles. The Hall–Kier alpha value is -1.70. The molecule has 0 unspecified atom stereocenters. The van der Waals surface area contributed by atoms with Crippen molar-refractivity contribution >= 4 is 35.5 Å². The third-order valence-electron chi connectivity index (χ3n) is 7.90. The van der Waals surface area contributed by atoms with Crippen LogP contribution < -0.4 is 10.4 Å². The predicted octanol–water partition coefficient (Wildman–Crippen LogP) is 5.08. The van der Waals surface area contributed by atoms with Crippen LogP contribution in [0.4, 0.5) is 10.1 Å². The highest BCUT2D eigenvalue weighted by atomic mass is 32.1. The molecule has 1 aliphatic carbocycles. The maximum Gasteiger partial charge on any atom is 0.495 e. The van der Waals surface area contributed by atoms with Crippen molar-refractivity contribution < 1.29 is 18.5 Å². The Labute approximate surface area is 200 Å². The van der Waals surface area contributed by atoms with Crippen molar-refractivity contribution in [3.8, 4) is 0 Å². The number of amides is 1. The first-order valence-electron chi connectivity index (χ1n) is 12.0. The average Bonchev–Trinajstić information content (AvgIpc) is 3.26. The lowest BCUT2D eigenvalue weighted by molar-refractivity contribution is 0.00578. The second-order valence-corrected chi connectivity index (χ2v) is 12.6. The van der Waals surface area contributed by atoms with E-state index >= 15 is 0 Å². The van der Waals surface area contributed by atoms with Gasteiger partial charge in [0, 0.05) is 17.1 Å². The van der Waals surface area contributed by atoms with E-state index in [1.54, 1.807) is 16.2 Å². The van der Waals surface area contributed by atoms with E-state index in [0.717, 1.165) is 29.7 Å². The van der Waals surface area contributed by atoms with Gasteiger partial charge in [-0.25, -0.2) is 4.39 Å². The van der Waals surface area contributed by atoms with E-state index in [1.165, 1.54) is 28.1 Å². The van der Waals surface area contributed by atoms with Crippen LogP contribution in [0.1, 0.15) is 79.7 Å². The number of carbonyl (C=O) groups is 1. The number of hydrogen-bond donors (Lipinski definition) is 0. The van der Waals surface area contributed by atoms with Crippen LogP contribution in [0.25, 0.3) is 0 Å². The molecule has 0 saturated carbocycles. The molecular formula is C26H33BFNO3S. The fourth-order valence-corrected chi connectivity index (χ4v) is 7.01. The fourth-order valence-electron chi connectivity index (χ4n) is 5.44. The molecule has 0 spiro atoms. The molecule has 1 amide bonds. The highest BCUT2D eigenvalue weighted by Gasteiger charge is 2.52. The van der Waals surface area contributed by atoms with Gasteiger partial charge in [-0.2, -0.15) is 0 Å². The smallest absolute Gasteiger partial charge is 0.399 e. The van der Waals surface area contributed by atoms with Crippen molar-refractivity contribution in [1.82, 2.24) is 0 Å². The number of hydrogen-bond acceptors (Lipinski definition) is 4. The van der Waals surface area contributed by atoms with E-state index in [1.807, 2.05) is 34.6 Å². The number of nitrogens with zero attached hydrogens (tertiary/aromatic N) is 1. The zero-order valence-corrected chi connectivity index (χ0v) is 21.5. The first-order chi connectivity index (χ1) is 15.3. The van der Waals surface area contributed by atoms with Gasteiger partial charge in [-0.3, -0.25) is 4.79 Å². The number of fused-ring (bicyclic) bond motifs is 3. The minimum absolute atomic E-state index is 0.00590. The molecule has 0 bridgehead atoms. The summed E-state index contributed by atoms with van der Waals surface area (Å²) in [5.74, 6) is -0.380. The molecule has 3 heterocycles. The molecular weight excluding hydrogens is 436 g/mol. The van der Waals surface area contributed by atoms with Crippen LogP contribution in [0, 0.1) is 11.2 Å². The zero-order valence-electron chi connectivity index (χ0n) is 20.7. The molecule has 5 rings (SSSR count). The van der Waals surface area contributed by atoms with Gasteiger partial charge in [0.15, 0.2) is 0 Å². The van der Waals surface area contributed by atoms with E-state index in [0.29, 0.717) is 24.1 Å². The van der Waals surface area contributed by atoms with Crippen LogP contribution in [-0.2, 0) is 35.0 Å². The minimum Gasteiger partial charge on any atom is -0.399 e. The lowest BCUT2D eigenvalue weighted by atomic mass is 9.74. The maximum absolute atomic E-state index is 14.9. The van der Waals surface area contributed by atoms with Crippen molar-refractivity contribution in [2.45, 2.75) is 85.4 Å². The van der Waals surface area contributed by atoms with Gasteiger partial charge in [0.25, 0.3) is 5.91 Å². The fraction of sp³-hybridized carbons (Fsp3) is 0.577. The van der Waals surface area contributed by atoms with Gasteiger partial charge >= 0.3 is 7.12 Å². The second kappa shape index (κ2) is 7.40. The Balaban J connectivity index is 1.53. The lowest BCUT2D eigenvalue weighted by Crippen LogP contribution is -2.42. The van der Waals surface area contributed by atoms with Crippen molar-refractivity contribution in [1.29, 1.82) is 0 Å². The number of thiophene rings is 1. The normalized spacial score (nSPS) is 22.6. The highest BCUT2D eigenvalue weighted by molar-refractivity contribution is 7.14. The highest BCUT2D eigenvalue weighted by Crippen LogP contribution is 2.46. The Morgan fingerprint density at radius 1 is 1.06 bits per heavy atom. The van der Waals surface area contributed by atoms with Crippen LogP contribution in [0.2, 0.25) is 0 Å². The van der Waals surface area contributed by atoms with Gasteiger partial charge < -0.3 is 14.2 Å². The predicted molar refractivity (Wildman–Crippen MR) is 132 cm³/mol. The van der Waals surface area contributed by atoms with Gasteiger partial charge in [-0.15, -0.1) is 11.3 Å². The number of benzene rings is 1. The summed E-state index contributed by atoms with van der Waals surface area (Å²) in [6.07, 6.45) is 3.53. The van der Waals surface area contributed by atoms with Crippen molar-refractivity contribution in [3.05, 3.63) is 44.4 Å². The van der Waals surface area contributed by atoms with Gasteiger partial charge in [0.05, 0.1) is 16.1 Å². The number of anilines is 1. The summed E-state index contributed by atoms with van der Waals surface area (Å²) >= 11 is 1.65. The topological polar surface area (TPSA) is 38.8 Å². The molecule has 0 N–H and O–H groups in total. The molecule has 0 radical (unpaired) electrons. The van der Waals surface area contributed by atoms with E-state index in [4.69, 9.17) is 9.31 Å². The lowest BCUT2D eigenvalue weighted by Gasteiger charge is -2.32. The molecule has 1 aromatic carbocycles. The summed E-state index contributed by atoms with van der Waals surface area (Å²) < 4.78 is 27.4. The third kappa shape index (κ3) is 3.58. The SMILES string of the molecule is CCc1c(B2OC(C)(C)C(C)(C)O2)cc(F)cc1N1CCc2c(sc3c2CC(C)(C)C3)C1=O. The Kier molecular flexibility index (Phi) is 5.17. The second-order valence-electron chi connectivity index (χ2n) is 11.5. The molecule has 33 heavy (non-hydrogen) atoms. The van der Waals surface area contributed by atoms with Crippen LogP contribution in [0.5, 0.6) is 0 Å². The standard InChI is InChI=1S/C26H33BFNO3S/c1-8-16-19(27-31-25(4,5)26(6,7)32-27)11-15(28)12-20(16)29-10-9-17-18-13-24(2,3)14-21(18)33-22(17)23(29)30/h11-12H,8-10,13-14H2,1-7H3. The summed E-state index contributed by atoms with van der Waals surface area (Å²) in [7, 11) is -0.664. The molecule has 7 heteroatoms. The van der Waals surface area contributed by atoms with Gasteiger partial charge in [0.2, 0.25) is 0 Å². The van der Waals surface area contributed by atoms with Gasteiger partial charge in [0.1, 0.15) is 5.82 Å².